The summed E-state index contributed by atoms with van der Waals surface area (Å²) in [5, 5.41) is 14.1. The minimum atomic E-state index is 0.591. The normalized spacial score (nSPS) is 12.4. The van der Waals surface area contributed by atoms with Crippen LogP contribution >= 0.6 is 0 Å². The quantitative estimate of drug-likeness (QED) is 0.458. The van der Waals surface area contributed by atoms with Crippen LogP contribution in [0.3, 0.4) is 0 Å². The molecule has 1 N–H and O–H groups in total. The smallest absolute Gasteiger partial charge is 0.0765 e. The predicted molar refractivity (Wildman–Crippen MR) is 67.9 cm³/mol. The molecule has 0 radical (unpaired) electrons. The number of allylic oxidation sites excluding steroid dienone is 1. The van der Waals surface area contributed by atoms with Crippen LogP contribution in [0.25, 0.3) is 16.8 Å². The first-order valence-corrected chi connectivity index (χ1v) is 5.16. The van der Waals surface area contributed by atoms with E-state index in [0.717, 1.165) is 5.56 Å². The number of hydrogen-bond donors (Lipinski definition) is 1. The van der Waals surface area contributed by atoms with Crippen LogP contribution in [0.2, 0.25) is 0 Å². The molecule has 0 aliphatic heterocycles. The third-order valence-electron chi connectivity index (χ3n) is 2.49. The van der Waals surface area contributed by atoms with Crippen molar-refractivity contribution in [3.63, 3.8) is 0 Å². The Balaban J connectivity index is 2.49. The summed E-state index contributed by atoms with van der Waals surface area (Å²) in [5.74, 6) is 0. The van der Waals surface area contributed by atoms with Gasteiger partial charge in [0.25, 0.3) is 0 Å². The van der Waals surface area contributed by atoms with E-state index in [2.05, 4.69) is 23.4 Å². The largest absolute Gasteiger partial charge is 0.411 e. The first-order chi connectivity index (χ1) is 7.81. The molecule has 0 bridgehead atoms. The standard InChI is InChI=1S/C14H13NO/c1-11(15-16)9-10-13-7-4-6-12-5-2-3-8-14(12)13/h2-10,16H,1H3. The number of rotatable bonds is 2. The molecule has 2 rings (SSSR count). The van der Waals surface area contributed by atoms with Gasteiger partial charge in [-0.05, 0) is 29.3 Å². The summed E-state index contributed by atoms with van der Waals surface area (Å²) >= 11 is 0. The van der Waals surface area contributed by atoms with Crippen molar-refractivity contribution in [1.29, 1.82) is 0 Å². The highest BCUT2D eigenvalue weighted by Gasteiger charge is 1.95. The first kappa shape index (κ1) is 10.4. The lowest BCUT2D eigenvalue weighted by molar-refractivity contribution is 0.319. The molecule has 0 atom stereocenters. The summed E-state index contributed by atoms with van der Waals surface area (Å²) < 4.78 is 0. The Morgan fingerprint density at radius 3 is 2.69 bits per heavy atom. The van der Waals surface area contributed by atoms with Gasteiger partial charge in [0, 0.05) is 0 Å². The summed E-state index contributed by atoms with van der Waals surface area (Å²) in [6.07, 6.45) is 3.75. The SMILES string of the molecule is CC(C=Cc1cccc2ccccc12)=NO. The van der Waals surface area contributed by atoms with Crippen molar-refractivity contribution < 1.29 is 5.21 Å². The highest BCUT2D eigenvalue weighted by Crippen LogP contribution is 2.19. The van der Waals surface area contributed by atoms with Gasteiger partial charge in [-0.25, -0.2) is 0 Å². The van der Waals surface area contributed by atoms with Crippen molar-refractivity contribution in [3.8, 4) is 0 Å². The molecule has 0 amide bonds. The Morgan fingerprint density at radius 1 is 1.12 bits per heavy atom. The zero-order valence-corrected chi connectivity index (χ0v) is 9.09. The molecular weight excluding hydrogens is 198 g/mol. The number of oxime groups is 1. The monoisotopic (exact) mass is 211 g/mol. The Hall–Kier alpha value is -2.09. The van der Waals surface area contributed by atoms with E-state index >= 15 is 0 Å². The van der Waals surface area contributed by atoms with Gasteiger partial charge in [0.15, 0.2) is 0 Å². The van der Waals surface area contributed by atoms with Gasteiger partial charge in [0.2, 0.25) is 0 Å². The van der Waals surface area contributed by atoms with E-state index in [-0.39, 0.29) is 0 Å². The first-order valence-electron chi connectivity index (χ1n) is 5.16. The van der Waals surface area contributed by atoms with E-state index in [0.29, 0.717) is 5.71 Å². The van der Waals surface area contributed by atoms with Crippen molar-refractivity contribution in [3.05, 3.63) is 54.1 Å². The van der Waals surface area contributed by atoms with E-state index in [4.69, 9.17) is 5.21 Å². The molecule has 2 aromatic rings. The molecule has 0 saturated carbocycles. The van der Waals surface area contributed by atoms with Gasteiger partial charge in [-0.3, -0.25) is 0 Å². The Kier molecular flexibility index (Phi) is 3.01. The average Bonchev–Trinajstić information content (AvgIpc) is 2.35. The van der Waals surface area contributed by atoms with Crippen LogP contribution in [0.4, 0.5) is 0 Å². The zero-order valence-electron chi connectivity index (χ0n) is 9.09. The molecule has 0 spiro atoms. The van der Waals surface area contributed by atoms with Crippen molar-refractivity contribution in [2.75, 3.05) is 0 Å². The van der Waals surface area contributed by atoms with E-state index in [1.54, 1.807) is 13.0 Å². The molecule has 2 nitrogen and oxygen atoms in total. The predicted octanol–water partition coefficient (Wildman–Crippen LogP) is 3.70. The van der Waals surface area contributed by atoms with Gasteiger partial charge in [-0.15, -0.1) is 0 Å². The Labute approximate surface area is 94.5 Å². The van der Waals surface area contributed by atoms with Crippen molar-refractivity contribution in [2.45, 2.75) is 6.92 Å². The fourth-order valence-electron chi connectivity index (χ4n) is 1.64. The molecule has 0 heterocycles. The second-order valence-corrected chi connectivity index (χ2v) is 3.64. The van der Waals surface area contributed by atoms with Crippen molar-refractivity contribution >= 4 is 22.6 Å². The molecule has 0 saturated heterocycles. The lowest BCUT2D eigenvalue weighted by Crippen LogP contribution is -1.83. The van der Waals surface area contributed by atoms with Crippen LogP contribution in [0.15, 0.2) is 53.7 Å². The molecule has 2 aromatic carbocycles. The summed E-state index contributed by atoms with van der Waals surface area (Å²) in [6, 6.07) is 14.4. The van der Waals surface area contributed by atoms with Crippen LogP contribution < -0.4 is 0 Å². The lowest BCUT2D eigenvalue weighted by atomic mass is 10.0. The van der Waals surface area contributed by atoms with Crippen molar-refractivity contribution in [2.24, 2.45) is 5.16 Å². The number of fused-ring (bicyclic) bond motifs is 1. The minimum Gasteiger partial charge on any atom is -0.411 e. The van der Waals surface area contributed by atoms with Gasteiger partial charge in [0.1, 0.15) is 0 Å². The summed E-state index contributed by atoms with van der Waals surface area (Å²) in [7, 11) is 0. The van der Waals surface area contributed by atoms with E-state index < -0.39 is 0 Å². The topological polar surface area (TPSA) is 32.6 Å². The van der Waals surface area contributed by atoms with E-state index in [1.807, 2.05) is 30.3 Å². The summed E-state index contributed by atoms with van der Waals surface area (Å²) in [6.45, 7) is 1.75. The molecule has 0 aliphatic carbocycles. The third kappa shape index (κ3) is 2.11. The van der Waals surface area contributed by atoms with Gasteiger partial charge in [-0.1, -0.05) is 53.7 Å². The van der Waals surface area contributed by atoms with Crippen LogP contribution in [0, 0.1) is 0 Å². The number of benzene rings is 2. The van der Waals surface area contributed by atoms with Gasteiger partial charge >= 0.3 is 0 Å². The minimum absolute atomic E-state index is 0.591. The maximum Gasteiger partial charge on any atom is 0.0765 e. The van der Waals surface area contributed by atoms with Crippen LogP contribution in [0.5, 0.6) is 0 Å². The molecule has 2 heteroatoms. The highest BCUT2D eigenvalue weighted by molar-refractivity contribution is 5.99. The Bertz CT molecular complexity index is 550. The molecule has 0 unspecified atom stereocenters. The van der Waals surface area contributed by atoms with Gasteiger partial charge in [0.05, 0.1) is 5.71 Å². The molecule has 0 aliphatic rings. The second kappa shape index (κ2) is 4.62. The van der Waals surface area contributed by atoms with Crippen molar-refractivity contribution in [1.82, 2.24) is 0 Å². The maximum atomic E-state index is 8.56. The third-order valence-corrected chi connectivity index (χ3v) is 2.49. The summed E-state index contributed by atoms with van der Waals surface area (Å²) in [5.41, 5.74) is 1.72. The van der Waals surface area contributed by atoms with E-state index in [9.17, 15) is 0 Å². The number of hydrogen-bond acceptors (Lipinski definition) is 2. The second-order valence-electron chi connectivity index (χ2n) is 3.64. The lowest BCUT2D eigenvalue weighted by Gasteiger charge is -2.01. The fraction of sp³-hybridized carbons (Fsp3) is 0.0714. The molecule has 80 valence electrons. The fourth-order valence-corrected chi connectivity index (χ4v) is 1.64. The maximum absolute atomic E-state index is 8.56. The molecule has 16 heavy (non-hydrogen) atoms. The van der Waals surface area contributed by atoms with Crippen LogP contribution in [0.1, 0.15) is 12.5 Å². The summed E-state index contributed by atoms with van der Waals surface area (Å²) in [4.78, 5) is 0. The molecule has 0 aromatic heterocycles. The average molecular weight is 211 g/mol. The number of nitrogens with zero attached hydrogens (tertiary/aromatic N) is 1. The zero-order chi connectivity index (χ0) is 11.4. The van der Waals surface area contributed by atoms with Crippen LogP contribution in [-0.4, -0.2) is 10.9 Å². The van der Waals surface area contributed by atoms with E-state index in [1.165, 1.54) is 10.8 Å². The van der Waals surface area contributed by atoms with Gasteiger partial charge in [-0.2, -0.15) is 0 Å². The van der Waals surface area contributed by atoms with Crippen LogP contribution in [-0.2, 0) is 0 Å². The highest BCUT2D eigenvalue weighted by atomic mass is 16.4. The molecular formula is C14H13NO. The molecule has 0 fully saturated rings. The Morgan fingerprint density at radius 2 is 1.88 bits per heavy atom. The van der Waals surface area contributed by atoms with Gasteiger partial charge < -0.3 is 5.21 Å².